The Balaban J connectivity index is 2.05. The van der Waals surface area contributed by atoms with Gasteiger partial charge in [-0.05, 0) is 37.0 Å². The van der Waals surface area contributed by atoms with Crippen molar-refractivity contribution in [3.63, 3.8) is 0 Å². The monoisotopic (exact) mass is 327 g/mol. The molecule has 0 spiro atoms. The van der Waals surface area contributed by atoms with E-state index in [1.807, 2.05) is 6.92 Å². The highest BCUT2D eigenvalue weighted by atomic mass is 35.5. The maximum absolute atomic E-state index is 13.7. The van der Waals surface area contributed by atoms with E-state index >= 15 is 0 Å². The standard InChI is InChI=1S/C16H23ClFN3O/c1-10(21-7-6-14(19)16(2,3)9-21)15(22)20-13-8-11(17)4-5-12(13)18/h4-5,8,10,14H,6-7,9,19H2,1-3H3,(H,20,22). The van der Waals surface area contributed by atoms with Gasteiger partial charge < -0.3 is 11.1 Å². The van der Waals surface area contributed by atoms with Crippen LogP contribution in [0.2, 0.25) is 5.02 Å². The maximum atomic E-state index is 13.7. The van der Waals surface area contributed by atoms with Crippen molar-refractivity contribution in [2.75, 3.05) is 18.4 Å². The Bertz CT molecular complexity index is 564. The number of rotatable bonds is 3. The van der Waals surface area contributed by atoms with Crippen LogP contribution >= 0.6 is 11.6 Å². The second-order valence-electron chi connectivity index (χ2n) is 6.64. The Labute approximate surface area is 135 Å². The molecule has 1 aromatic carbocycles. The van der Waals surface area contributed by atoms with E-state index in [-0.39, 0.29) is 29.1 Å². The van der Waals surface area contributed by atoms with Gasteiger partial charge in [-0.15, -0.1) is 0 Å². The number of amides is 1. The third kappa shape index (κ3) is 3.77. The lowest BCUT2D eigenvalue weighted by Crippen LogP contribution is -2.56. The number of nitrogens with one attached hydrogen (secondary N) is 1. The molecule has 122 valence electrons. The summed E-state index contributed by atoms with van der Waals surface area (Å²) in [5.74, 6) is -0.738. The van der Waals surface area contributed by atoms with Crippen molar-refractivity contribution >= 4 is 23.2 Å². The Hall–Kier alpha value is -1.17. The summed E-state index contributed by atoms with van der Waals surface area (Å²) >= 11 is 5.84. The van der Waals surface area contributed by atoms with Crippen LogP contribution < -0.4 is 11.1 Å². The SMILES string of the molecule is CC(C(=O)Nc1cc(Cl)ccc1F)N1CCC(N)C(C)(C)C1. The molecule has 6 heteroatoms. The zero-order valence-electron chi connectivity index (χ0n) is 13.2. The van der Waals surface area contributed by atoms with Gasteiger partial charge in [0, 0.05) is 24.2 Å². The minimum Gasteiger partial charge on any atom is -0.327 e. The van der Waals surface area contributed by atoms with Gasteiger partial charge in [-0.25, -0.2) is 4.39 Å². The largest absolute Gasteiger partial charge is 0.327 e. The minimum atomic E-state index is -0.494. The number of carbonyl (C=O) groups excluding carboxylic acids is 1. The van der Waals surface area contributed by atoms with Crippen LogP contribution in [0, 0.1) is 11.2 Å². The van der Waals surface area contributed by atoms with Crippen molar-refractivity contribution in [1.29, 1.82) is 0 Å². The van der Waals surface area contributed by atoms with Gasteiger partial charge in [-0.2, -0.15) is 0 Å². The summed E-state index contributed by atoms with van der Waals surface area (Å²) in [6.07, 6.45) is 0.843. The van der Waals surface area contributed by atoms with Crippen LogP contribution in [0.15, 0.2) is 18.2 Å². The number of hydrogen-bond acceptors (Lipinski definition) is 3. The molecule has 0 saturated carbocycles. The van der Waals surface area contributed by atoms with Crippen molar-refractivity contribution in [1.82, 2.24) is 4.90 Å². The highest BCUT2D eigenvalue weighted by molar-refractivity contribution is 6.30. The minimum absolute atomic E-state index is 0.0475. The van der Waals surface area contributed by atoms with E-state index < -0.39 is 5.82 Å². The molecule has 3 N–H and O–H groups in total. The van der Waals surface area contributed by atoms with Gasteiger partial charge in [0.25, 0.3) is 0 Å². The summed E-state index contributed by atoms with van der Waals surface area (Å²) in [5.41, 5.74) is 6.18. The fourth-order valence-electron chi connectivity index (χ4n) is 2.74. The molecule has 0 bridgehead atoms. The van der Waals surface area contributed by atoms with E-state index in [1.54, 1.807) is 0 Å². The lowest BCUT2D eigenvalue weighted by Gasteiger charge is -2.44. The second-order valence-corrected chi connectivity index (χ2v) is 7.08. The van der Waals surface area contributed by atoms with Crippen molar-refractivity contribution in [2.24, 2.45) is 11.1 Å². The van der Waals surface area contributed by atoms with Crippen LogP contribution in [0.5, 0.6) is 0 Å². The van der Waals surface area contributed by atoms with E-state index in [9.17, 15) is 9.18 Å². The first kappa shape index (κ1) is 17.2. The second kappa shape index (κ2) is 6.52. The molecule has 2 atom stereocenters. The Kier molecular flexibility index (Phi) is 5.10. The van der Waals surface area contributed by atoms with E-state index in [0.29, 0.717) is 5.02 Å². The van der Waals surface area contributed by atoms with Crippen molar-refractivity contribution < 1.29 is 9.18 Å². The summed E-state index contributed by atoms with van der Waals surface area (Å²) < 4.78 is 13.7. The molecule has 2 rings (SSSR count). The molecular weight excluding hydrogens is 305 g/mol. The molecule has 4 nitrogen and oxygen atoms in total. The van der Waals surface area contributed by atoms with E-state index in [0.717, 1.165) is 19.5 Å². The molecule has 1 aliphatic rings. The molecule has 22 heavy (non-hydrogen) atoms. The highest BCUT2D eigenvalue weighted by Crippen LogP contribution is 2.29. The number of halogens is 2. The molecular formula is C16H23ClFN3O. The first-order valence-corrected chi connectivity index (χ1v) is 7.84. The Morgan fingerprint density at radius 3 is 2.86 bits per heavy atom. The number of nitrogens with zero attached hydrogens (tertiary/aromatic N) is 1. The van der Waals surface area contributed by atoms with Crippen LogP contribution in [0.3, 0.4) is 0 Å². The number of carbonyl (C=O) groups is 1. The van der Waals surface area contributed by atoms with Crippen molar-refractivity contribution in [2.45, 2.75) is 39.3 Å². The molecule has 1 fully saturated rings. The number of anilines is 1. The lowest BCUT2D eigenvalue weighted by molar-refractivity contribution is -0.122. The van der Waals surface area contributed by atoms with Crippen LogP contribution in [0.4, 0.5) is 10.1 Å². The average Bonchev–Trinajstić information content (AvgIpc) is 2.45. The van der Waals surface area contributed by atoms with Gasteiger partial charge in [0.1, 0.15) is 5.82 Å². The van der Waals surface area contributed by atoms with Crippen molar-refractivity contribution in [3.05, 3.63) is 29.0 Å². The third-order valence-corrected chi connectivity index (χ3v) is 4.69. The van der Waals surface area contributed by atoms with E-state index in [2.05, 4.69) is 24.1 Å². The summed E-state index contributed by atoms with van der Waals surface area (Å²) in [5, 5.41) is 3.00. The van der Waals surface area contributed by atoms with Crippen LogP contribution in [0.1, 0.15) is 27.2 Å². The van der Waals surface area contributed by atoms with Gasteiger partial charge >= 0.3 is 0 Å². The van der Waals surface area contributed by atoms with Crippen LogP contribution in [-0.4, -0.2) is 36.0 Å². The molecule has 0 radical (unpaired) electrons. The van der Waals surface area contributed by atoms with E-state index in [1.165, 1.54) is 18.2 Å². The molecule has 1 aliphatic heterocycles. The van der Waals surface area contributed by atoms with Crippen molar-refractivity contribution in [3.8, 4) is 0 Å². The predicted molar refractivity (Wildman–Crippen MR) is 87.4 cm³/mol. The summed E-state index contributed by atoms with van der Waals surface area (Å²) in [4.78, 5) is 14.5. The predicted octanol–water partition coefficient (Wildman–Crippen LogP) is 2.87. The molecule has 1 heterocycles. The fraction of sp³-hybridized carbons (Fsp3) is 0.562. The van der Waals surface area contributed by atoms with Gasteiger partial charge in [0.2, 0.25) is 5.91 Å². The average molecular weight is 328 g/mol. The van der Waals surface area contributed by atoms with Gasteiger partial charge in [0.15, 0.2) is 0 Å². The van der Waals surface area contributed by atoms with Gasteiger partial charge in [-0.3, -0.25) is 9.69 Å². The zero-order valence-corrected chi connectivity index (χ0v) is 14.0. The van der Waals surface area contributed by atoms with Crippen LogP contribution in [-0.2, 0) is 4.79 Å². The first-order chi connectivity index (χ1) is 10.2. The highest BCUT2D eigenvalue weighted by Gasteiger charge is 2.36. The molecule has 0 aromatic heterocycles. The quantitative estimate of drug-likeness (QED) is 0.897. The number of benzene rings is 1. The zero-order chi connectivity index (χ0) is 16.5. The van der Waals surface area contributed by atoms with Gasteiger partial charge in [0.05, 0.1) is 11.7 Å². The molecule has 2 unspecified atom stereocenters. The maximum Gasteiger partial charge on any atom is 0.241 e. The Morgan fingerprint density at radius 1 is 1.55 bits per heavy atom. The summed E-state index contributed by atoms with van der Waals surface area (Å²) in [7, 11) is 0. The normalized spacial score (nSPS) is 23.1. The molecule has 1 amide bonds. The molecule has 1 aromatic rings. The smallest absolute Gasteiger partial charge is 0.241 e. The first-order valence-electron chi connectivity index (χ1n) is 7.46. The molecule has 0 aliphatic carbocycles. The number of likely N-dealkylation sites (tertiary alicyclic amines) is 1. The van der Waals surface area contributed by atoms with Gasteiger partial charge in [-0.1, -0.05) is 25.4 Å². The van der Waals surface area contributed by atoms with Crippen LogP contribution in [0.25, 0.3) is 0 Å². The fourth-order valence-corrected chi connectivity index (χ4v) is 2.91. The Morgan fingerprint density at radius 2 is 2.23 bits per heavy atom. The lowest BCUT2D eigenvalue weighted by atomic mass is 9.79. The number of nitrogens with two attached hydrogens (primary N) is 1. The topological polar surface area (TPSA) is 58.4 Å². The number of piperidine rings is 1. The number of hydrogen-bond donors (Lipinski definition) is 2. The summed E-state index contributed by atoms with van der Waals surface area (Å²) in [6, 6.07) is 3.88. The third-order valence-electron chi connectivity index (χ3n) is 4.46. The summed E-state index contributed by atoms with van der Waals surface area (Å²) in [6.45, 7) is 7.53. The molecule has 1 saturated heterocycles. The van der Waals surface area contributed by atoms with E-state index in [4.69, 9.17) is 17.3 Å².